The molecule has 1 N–H and O–H groups in total. The fourth-order valence-electron chi connectivity index (χ4n) is 6.61. The zero-order valence-electron chi connectivity index (χ0n) is 32.1. The molecule has 302 valence electrons. The number of aliphatic hydroxyl groups is 1. The summed E-state index contributed by atoms with van der Waals surface area (Å²) in [6.07, 6.45) is 0.748. The van der Waals surface area contributed by atoms with Gasteiger partial charge in [-0.2, -0.15) is 10.2 Å². The average Bonchev–Trinajstić information content (AvgIpc) is 3.89. The molecule has 15 heteroatoms. The Kier molecular flexibility index (Phi) is 14.0. The van der Waals surface area contributed by atoms with E-state index in [0.717, 1.165) is 11.1 Å². The van der Waals surface area contributed by atoms with Gasteiger partial charge in [0.25, 0.3) is 0 Å². The average molecular weight is 793 g/mol. The molecule has 6 rings (SSSR count). The van der Waals surface area contributed by atoms with Crippen LogP contribution in [0, 0.1) is 0 Å². The van der Waals surface area contributed by atoms with Gasteiger partial charge < -0.3 is 33.5 Å². The third kappa shape index (κ3) is 9.97. The van der Waals surface area contributed by atoms with E-state index in [9.17, 15) is 24.3 Å². The van der Waals surface area contributed by atoms with Crippen LogP contribution in [0.1, 0.15) is 61.0 Å². The Morgan fingerprint density at radius 3 is 1.36 bits per heavy atom. The smallest absolute Gasteiger partial charge is 0.344 e. The largest absolute Gasteiger partial charge is 0.490 e. The number of ether oxygens (including phenoxy) is 6. The predicted octanol–water partition coefficient (Wildman–Crippen LogP) is 5.00. The summed E-state index contributed by atoms with van der Waals surface area (Å²) >= 11 is 0. The van der Waals surface area contributed by atoms with Crippen LogP contribution in [-0.2, 0) is 28.7 Å². The van der Waals surface area contributed by atoms with Crippen LogP contribution >= 0.6 is 0 Å². The molecule has 0 bridgehead atoms. The molecule has 2 heterocycles. The molecule has 0 saturated heterocycles. The van der Waals surface area contributed by atoms with Crippen molar-refractivity contribution in [1.29, 1.82) is 0 Å². The van der Waals surface area contributed by atoms with Gasteiger partial charge in [0.05, 0.1) is 47.8 Å². The SMILES string of the molecule is CCOC(=O)COc1cccc(OCC(O)COc2cccc(OCC(=O)OCC)c2C2=NN(C=O)C(c3ccccc3)C2)c1C1=NN(C=O)C(c2ccccc2)C1. The lowest BCUT2D eigenvalue weighted by atomic mass is 9.97. The fraction of sp³-hybridized carbons (Fsp3) is 0.302. The van der Waals surface area contributed by atoms with Crippen molar-refractivity contribution in [3.63, 3.8) is 0 Å². The molecule has 0 aromatic heterocycles. The molecular weight excluding hydrogens is 748 g/mol. The summed E-state index contributed by atoms with van der Waals surface area (Å²) in [7, 11) is 0. The molecule has 2 amide bonds. The van der Waals surface area contributed by atoms with E-state index in [1.54, 1.807) is 50.2 Å². The van der Waals surface area contributed by atoms with Crippen molar-refractivity contribution in [3.8, 4) is 23.0 Å². The zero-order valence-corrected chi connectivity index (χ0v) is 32.1. The van der Waals surface area contributed by atoms with Crippen molar-refractivity contribution < 1.29 is 52.7 Å². The van der Waals surface area contributed by atoms with E-state index in [1.165, 1.54) is 10.0 Å². The van der Waals surface area contributed by atoms with Crippen molar-refractivity contribution in [3.05, 3.63) is 119 Å². The van der Waals surface area contributed by atoms with E-state index < -0.39 is 30.1 Å². The Bertz CT molecular complexity index is 1960. The predicted molar refractivity (Wildman–Crippen MR) is 211 cm³/mol. The molecule has 0 saturated carbocycles. The highest BCUT2D eigenvalue weighted by atomic mass is 16.6. The number of hydrogen-bond donors (Lipinski definition) is 1. The van der Waals surface area contributed by atoms with Gasteiger partial charge in [0.15, 0.2) is 13.2 Å². The van der Waals surface area contributed by atoms with Crippen LogP contribution in [0.15, 0.2) is 107 Å². The summed E-state index contributed by atoms with van der Waals surface area (Å²) in [5, 5.41) is 23.1. The van der Waals surface area contributed by atoms with E-state index in [-0.39, 0.29) is 62.6 Å². The van der Waals surface area contributed by atoms with Crippen molar-refractivity contribution in [2.24, 2.45) is 10.2 Å². The summed E-state index contributed by atoms with van der Waals surface area (Å²) in [4.78, 5) is 48.8. The minimum atomic E-state index is -1.18. The molecule has 2 unspecified atom stereocenters. The zero-order chi connectivity index (χ0) is 40.9. The van der Waals surface area contributed by atoms with Gasteiger partial charge in [0.2, 0.25) is 12.8 Å². The second-order valence-electron chi connectivity index (χ2n) is 13.0. The van der Waals surface area contributed by atoms with Gasteiger partial charge in [-0.15, -0.1) is 0 Å². The third-order valence-electron chi connectivity index (χ3n) is 9.19. The molecule has 2 atom stereocenters. The molecule has 15 nitrogen and oxygen atoms in total. The number of carbonyl (C=O) groups is 4. The Labute approximate surface area is 335 Å². The van der Waals surface area contributed by atoms with E-state index in [0.29, 0.717) is 48.2 Å². The minimum Gasteiger partial charge on any atom is -0.490 e. The van der Waals surface area contributed by atoms with E-state index in [2.05, 4.69) is 10.2 Å². The number of benzene rings is 4. The standard InChI is InChI=1S/C43H44N4O11/c1-3-53-40(51)25-57-38-19-11-17-36(42(38)32-21-34(46(27-48)44-32)29-13-7-5-8-14-29)55-23-31(50)24-56-37-18-12-20-39(58-26-41(52)54-4-2)43(37)33-22-35(47(28-49)45-33)30-15-9-6-10-16-30/h5-20,27-28,31,34-35,50H,3-4,21-26H2,1-2H3. The quantitative estimate of drug-likeness (QED) is 0.0942. The van der Waals surface area contributed by atoms with Gasteiger partial charge in [-0.25, -0.2) is 19.6 Å². The number of amides is 2. The fourth-order valence-corrected chi connectivity index (χ4v) is 6.61. The highest BCUT2D eigenvalue weighted by Gasteiger charge is 2.34. The first-order chi connectivity index (χ1) is 28.3. The normalized spacial score (nSPS) is 16.5. The van der Waals surface area contributed by atoms with E-state index >= 15 is 0 Å². The van der Waals surface area contributed by atoms with Gasteiger partial charge in [-0.1, -0.05) is 72.8 Å². The lowest BCUT2D eigenvalue weighted by molar-refractivity contribution is -0.146. The lowest BCUT2D eigenvalue weighted by Gasteiger charge is -2.20. The molecule has 0 radical (unpaired) electrons. The van der Waals surface area contributed by atoms with Crippen LogP contribution in [0.4, 0.5) is 0 Å². The Hall–Kier alpha value is -6.74. The monoisotopic (exact) mass is 792 g/mol. The molecule has 2 aliphatic heterocycles. The Balaban J connectivity index is 1.22. The lowest BCUT2D eigenvalue weighted by Crippen LogP contribution is -2.26. The number of hydrogen-bond acceptors (Lipinski definition) is 13. The Morgan fingerprint density at radius 1 is 0.621 bits per heavy atom. The van der Waals surface area contributed by atoms with Gasteiger partial charge in [-0.05, 0) is 49.2 Å². The maximum Gasteiger partial charge on any atom is 0.344 e. The molecule has 0 spiro atoms. The molecule has 4 aromatic rings. The summed E-state index contributed by atoms with van der Waals surface area (Å²) < 4.78 is 34.2. The maximum absolute atomic E-state index is 12.2. The molecule has 2 aliphatic rings. The first-order valence-corrected chi connectivity index (χ1v) is 18.8. The van der Waals surface area contributed by atoms with Crippen LogP contribution in [0.5, 0.6) is 23.0 Å². The minimum absolute atomic E-state index is 0.184. The molecule has 58 heavy (non-hydrogen) atoms. The topological polar surface area (TPSA) is 175 Å². The van der Waals surface area contributed by atoms with Crippen LogP contribution < -0.4 is 18.9 Å². The first-order valence-electron chi connectivity index (χ1n) is 18.8. The summed E-state index contributed by atoms with van der Waals surface area (Å²) in [5.74, 6) is -0.0102. The first kappa shape index (κ1) is 40.9. The number of carbonyl (C=O) groups excluding carboxylic acids is 4. The van der Waals surface area contributed by atoms with Crippen molar-refractivity contribution in [1.82, 2.24) is 10.0 Å². The molecular formula is C43H44N4O11. The third-order valence-corrected chi connectivity index (χ3v) is 9.19. The van der Waals surface area contributed by atoms with Crippen molar-refractivity contribution in [2.75, 3.05) is 39.6 Å². The molecule has 4 aromatic carbocycles. The highest BCUT2D eigenvalue weighted by molar-refractivity contribution is 6.07. The number of nitrogens with zero attached hydrogens (tertiary/aromatic N) is 4. The van der Waals surface area contributed by atoms with Gasteiger partial charge in [-0.3, -0.25) is 9.59 Å². The van der Waals surface area contributed by atoms with Crippen molar-refractivity contribution in [2.45, 2.75) is 44.9 Å². The van der Waals surface area contributed by atoms with E-state index in [4.69, 9.17) is 28.4 Å². The Morgan fingerprint density at radius 2 is 1.00 bits per heavy atom. The summed E-state index contributed by atoms with van der Waals surface area (Å²) in [6, 6.07) is 28.1. The van der Waals surface area contributed by atoms with E-state index in [1.807, 2.05) is 60.7 Å². The van der Waals surface area contributed by atoms with Gasteiger partial charge >= 0.3 is 11.9 Å². The molecule has 0 aliphatic carbocycles. The summed E-state index contributed by atoms with van der Waals surface area (Å²) in [6.45, 7) is 2.52. The molecule has 0 fully saturated rings. The van der Waals surface area contributed by atoms with Crippen LogP contribution in [0.2, 0.25) is 0 Å². The van der Waals surface area contributed by atoms with Gasteiger partial charge in [0, 0.05) is 12.8 Å². The van der Waals surface area contributed by atoms with Crippen LogP contribution in [-0.4, -0.2) is 97.1 Å². The van der Waals surface area contributed by atoms with Gasteiger partial charge in [0.1, 0.15) is 42.3 Å². The second kappa shape index (κ2) is 19.9. The number of aliphatic hydroxyl groups excluding tert-OH is 1. The second-order valence-corrected chi connectivity index (χ2v) is 13.0. The summed E-state index contributed by atoms with van der Waals surface area (Å²) in [5.41, 5.74) is 3.51. The maximum atomic E-state index is 12.2. The number of hydrazone groups is 2. The van der Waals surface area contributed by atoms with Crippen LogP contribution in [0.25, 0.3) is 0 Å². The van der Waals surface area contributed by atoms with Crippen molar-refractivity contribution >= 4 is 36.2 Å². The number of esters is 2. The highest BCUT2D eigenvalue weighted by Crippen LogP contribution is 2.40. The van der Waals surface area contributed by atoms with Crippen LogP contribution in [0.3, 0.4) is 0 Å². The number of rotatable bonds is 20.